The Morgan fingerprint density at radius 3 is 2.52 bits per heavy atom. The summed E-state index contributed by atoms with van der Waals surface area (Å²) in [5.74, 6) is -2.14. The van der Waals surface area contributed by atoms with Gasteiger partial charge in [0.2, 0.25) is 5.91 Å². The van der Waals surface area contributed by atoms with Gasteiger partial charge in [0.25, 0.3) is 5.91 Å². The second-order valence-corrected chi connectivity index (χ2v) is 7.11. The molecule has 0 saturated heterocycles. The van der Waals surface area contributed by atoms with Gasteiger partial charge in [0.15, 0.2) is 5.13 Å². The molecule has 1 aromatic heterocycles. The number of thiazole rings is 1. The van der Waals surface area contributed by atoms with Crippen molar-refractivity contribution in [3.05, 3.63) is 45.5 Å². The van der Waals surface area contributed by atoms with Crippen molar-refractivity contribution >= 4 is 40.2 Å². The molecule has 0 saturated carbocycles. The van der Waals surface area contributed by atoms with Crippen LogP contribution in [-0.4, -0.2) is 49.0 Å². The van der Waals surface area contributed by atoms with Gasteiger partial charge in [-0.15, -0.1) is 0 Å². The van der Waals surface area contributed by atoms with Gasteiger partial charge in [-0.3, -0.25) is 9.59 Å². The number of nitrogens with one attached hydrogen (secondary N) is 2. The van der Waals surface area contributed by atoms with E-state index in [4.69, 9.17) is 10.00 Å². The first-order valence-corrected chi connectivity index (χ1v) is 9.96. The van der Waals surface area contributed by atoms with Crippen molar-refractivity contribution in [3.63, 3.8) is 0 Å². The normalized spacial score (nSPS) is 10.0. The van der Waals surface area contributed by atoms with E-state index in [0.29, 0.717) is 10.6 Å². The minimum atomic E-state index is -0.675. The number of carbonyl (C=O) groups is 4. The molecule has 0 aliphatic heterocycles. The van der Waals surface area contributed by atoms with E-state index in [-0.39, 0.29) is 41.4 Å². The van der Waals surface area contributed by atoms with E-state index in [1.165, 1.54) is 25.3 Å². The van der Waals surface area contributed by atoms with Crippen molar-refractivity contribution in [1.29, 1.82) is 5.26 Å². The second-order valence-electron chi connectivity index (χ2n) is 6.11. The lowest BCUT2D eigenvalue weighted by Gasteiger charge is -2.07. The number of anilines is 1. The number of carbonyl (C=O) groups excluding carboxylic acids is 4. The van der Waals surface area contributed by atoms with E-state index in [1.54, 1.807) is 13.8 Å². The van der Waals surface area contributed by atoms with E-state index >= 15 is 0 Å². The van der Waals surface area contributed by atoms with Crippen molar-refractivity contribution in [1.82, 2.24) is 10.3 Å². The lowest BCUT2D eigenvalue weighted by Crippen LogP contribution is -2.28. The number of aromatic nitrogens is 1. The van der Waals surface area contributed by atoms with Gasteiger partial charge in [0.1, 0.15) is 4.88 Å². The Kier molecular flexibility index (Phi) is 8.22. The summed E-state index contributed by atoms with van der Waals surface area (Å²) < 4.78 is 9.54. The Labute approximate surface area is 182 Å². The molecular formula is C20H20N4O6S. The average molecular weight is 444 g/mol. The third-order valence-corrected chi connectivity index (χ3v) is 4.94. The van der Waals surface area contributed by atoms with Crippen LogP contribution in [0.15, 0.2) is 18.2 Å². The number of nitrogens with zero attached hydrogens (tertiary/aromatic N) is 2. The molecule has 31 heavy (non-hydrogen) atoms. The average Bonchev–Trinajstić information content (AvgIpc) is 3.12. The first kappa shape index (κ1) is 23.5. The van der Waals surface area contributed by atoms with Crippen LogP contribution in [0, 0.1) is 18.3 Å². The summed E-state index contributed by atoms with van der Waals surface area (Å²) in [4.78, 5) is 52.4. The Morgan fingerprint density at radius 2 is 1.87 bits per heavy atom. The smallest absolute Gasteiger partial charge is 0.350 e. The van der Waals surface area contributed by atoms with Gasteiger partial charge in [-0.25, -0.2) is 14.6 Å². The fraction of sp³-hybridized carbons (Fsp3) is 0.300. The number of benzene rings is 1. The molecule has 0 radical (unpaired) electrons. The zero-order valence-corrected chi connectivity index (χ0v) is 17.9. The van der Waals surface area contributed by atoms with Crippen LogP contribution >= 0.6 is 11.3 Å². The van der Waals surface area contributed by atoms with Crippen molar-refractivity contribution in [2.75, 3.05) is 25.6 Å². The predicted octanol–water partition coefficient (Wildman–Crippen LogP) is 2.05. The Balaban J connectivity index is 1.94. The van der Waals surface area contributed by atoms with Gasteiger partial charge >= 0.3 is 11.9 Å². The second kappa shape index (κ2) is 10.8. The van der Waals surface area contributed by atoms with Gasteiger partial charge in [0, 0.05) is 18.5 Å². The number of methoxy groups -OCH3 is 1. The molecule has 2 N–H and O–H groups in total. The molecule has 2 rings (SSSR count). The Hall–Kier alpha value is -3.78. The van der Waals surface area contributed by atoms with Crippen LogP contribution in [0.5, 0.6) is 0 Å². The summed E-state index contributed by atoms with van der Waals surface area (Å²) >= 11 is 1.00. The van der Waals surface area contributed by atoms with Crippen molar-refractivity contribution < 1.29 is 28.7 Å². The fourth-order valence-electron chi connectivity index (χ4n) is 2.47. The number of amides is 2. The maximum atomic E-state index is 12.3. The summed E-state index contributed by atoms with van der Waals surface area (Å²) in [6.07, 6.45) is -0.0547. The molecule has 0 aliphatic carbocycles. The van der Waals surface area contributed by atoms with Gasteiger partial charge in [-0.1, -0.05) is 11.3 Å². The fourth-order valence-corrected chi connectivity index (χ4v) is 3.34. The largest absolute Gasteiger partial charge is 0.465 e. The minimum Gasteiger partial charge on any atom is -0.465 e. The zero-order valence-electron chi connectivity index (χ0n) is 17.1. The summed E-state index contributed by atoms with van der Waals surface area (Å²) in [7, 11) is 1.19. The molecule has 0 unspecified atom stereocenters. The Morgan fingerprint density at radius 1 is 1.16 bits per heavy atom. The van der Waals surface area contributed by atoms with E-state index in [1.807, 2.05) is 6.07 Å². The minimum absolute atomic E-state index is 0.00406. The molecule has 0 atom stereocenters. The van der Waals surface area contributed by atoms with Gasteiger partial charge in [0.05, 0.1) is 36.6 Å². The topological polar surface area (TPSA) is 147 Å². The quantitative estimate of drug-likeness (QED) is 0.588. The van der Waals surface area contributed by atoms with Gasteiger partial charge < -0.3 is 20.1 Å². The third kappa shape index (κ3) is 6.35. The van der Waals surface area contributed by atoms with Gasteiger partial charge in [-0.2, -0.15) is 5.26 Å². The first-order valence-electron chi connectivity index (χ1n) is 9.15. The number of rotatable bonds is 8. The predicted molar refractivity (Wildman–Crippen MR) is 111 cm³/mol. The van der Waals surface area contributed by atoms with Crippen LogP contribution in [0.3, 0.4) is 0 Å². The molecule has 0 fully saturated rings. The molecular weight excluding hydrogens is 424 g/mol. The molecule has 10 nitrogen and oxygen atoms in total. The highest BCUT2D eigenvalue weighted by Crippen LogP contribution is 2.23. The molecule has 11 heteroatoms. The van der Waals surface area contributed by atoms with Crippen LogP contribution in [-0.2, 0) is 14.3 Å². The lowest BCUT2D eigenvalue weighted by atomic mass is 10.1. The maximum absolute atomic E-state index is 12.3. The molecule has 0 aliphatic rings. The summed E-state index contributed by atoms with van der Waals surface area (Å²) in [6, 6.07) is 5.82. The number of esters is 2. The number of hydrogen-bond acceptors (Lipinski definition) is 9. The standard InChI is InChI=1S/C20H20N4O6S/c1-4-30-19(28)16-11(2)23-20(31-16)24-15(25)5-6-22-17(26)13-7-12(10-21)8-14(9-13)18(27)29-3/h7-9H,4-6H2,1-3H3,(H,22,26)(H,23,24,25). The highest BCUT2D eigenvalue weighted by molar-refractivity contribution is 7.17. The summed E-state index contributed by atoms with van der Waals surface area (Å²) in [6.45, 7) is 3.56. The monoisotopic (exact) mass is 444 g/mol. The maximum Gasteiger partial charge on any atom is 0.350 e. The highest BCUT2D eigenvalue weighted by Gasteiger charge is 2.18. The van der Waals surface area contributed by atoms with Crippen LogP contribution in [0.2, 0.25) is 0 Å². The first-order chi connectivity index (χ1) is 14.8. The van der Waals surface area contributed by atoms with Crippen LogP contribution in [0.25, 0.3) is 0 Å². The third-order valence-electron chi connectivity index (χ3n) is 3.89. The molecule has 1 heterocycles. The molecule has 0 bridgehead atoms. The van der Waals surface area contributed by atoms with Crippen molar-refractivity contribution in [3.8, 4) is 6.07 Å². The van der Waals surface area contributed by atoms with Crippen LogP contribution in [0.4, 0.5) is 5.13 Å². The number of hydrogen-bond donors (Lipinski definition) is 2. The molecule has 1 aromatic carbocycles. The SMILES string of the molecule is CCOC(=O)c1sc(NC(=O)CCNC(=O)c2cc(C#N)cc(C(=O)OC)c2)nc1C. The van der Waals surface area contributed by atoms with Crippen molar-refractivity contribution in [2.24, 2.45) is 0 Å². The lowest BCUT2D eigenvalue weighted by molar-refractivity contribution is -0.116. The van der Waals surface area contributed by atoms with Crippen LogP contribution in [0.1, 0.15) is 55.0 Å². The van der Waals surface area contributed by atoms with E-state index in [2.05, 4.69) is 20.4 Å². The molecule has 0 spiro atoms. The number of aryl methyl sites for hydroxylation is 1. The van der Waals surface area contributed by atoms with E-state index in [9.17, 15) is 19.2 Å². The number of nitriles is 1. The molecule has 162 valence electrons. The molecule has 2 amide bonds. The van der Waals surface area contributed by atoms with Crippen LogP contribution < -0.4 is 10.6 Å². The molecule has 2 aromatic rings. The van der Waals surface area contributed by atoms with Gasteiger partial charge in [-0.05, 0) is 32.0 Å². The van der Waals surface area contributed by atoms with Crippen molar-refractivity contribution in [2.45, 2.75) is 20.3 Å². The Bertz CT molecular complexity index is 1060. The van der Waals surface area contributed by atoms with E-state index in [0.717, 1.165) is 11.3 Å². The summed E-state index contributed by atoms with van der Waals surface area (Å²) in [5.41, 5.74) is 0.739. The zero-order chi connectivity index (χ0) is 23.0. The highest BCUT2D eigenvalue weighted by atomic mass is 32.1. The van der Waals surface area contributed by atoms with E-state index < -0.39 is 23.8 Å². The number of ether oxygens (including phenoxy) is 2. The summed E-state index contributed by atoms with van der Waals surface area (Å²) in [5, 5.41) is 14.4.